The zero-order valence-corrected chi connectivity index (χ0v) is 66.6. The molecule has 2 saturated carbocycles. The average molecular weight is 1520 g/mol. The van der Waals surface area contributed by atoms with Gasteiger partial charge in [0.1, 0.15) is 22.7 Å². The number of nitrogens with one attached hydrogen (secondary N) is 3. The molecule has 3 N–H and O–H groups in total. The molecule has 14 rings (SSSR count). The highest BCUT2D eigenvalue weighted by Gasteiger charge is 2.52. The van der Waals surface area contributed by atoms with E-state index in [2.05, 4.69) is 103 Å². The number of fused-ring (bicyclic) bond motifs is 8. The number of sulfonamides is 2. The van der Waals surface area contributed by atoms with Gasteiger partial charge < -0.3 is 34.1 Å². The van der Waals surface area contributed by atoms with Crippen LogP contribution in [0.15, 0.2) is 97.1 Å². The van der Waals surface area contributed by atoms with Crippen molar-refractivity contribution in [2.45, 2.75) is 177 Å². The minimum Gasteiger partial charge on any atom is -0.490 e. The first-order chi connectivity index (χ1) is 50.1. The Hall–Kier alpha value is -5.59. The molecule has 23 heteroatoms. The third kappa shape index (κ3) is 16.9. The van der Waals surface area contributed by atoms with Gasteiger partial charge >= 0.3 is 0 Å². The maximum Gasteiger partial charge on any atom is 0.264 e. The van der Waals surface area contributed by atoms with E-state index in [0.29, 0.717) is 67.4 Å². The summed E-state index contributed by atoms with van der Waals surface area (Å²) >= 11 is 12.9. The van der Waals surface area contributed by atoms with Gasteiger partial charge in [-0.1, -0.05) is 67.4 Å². The zero-order valence-electron chi connectivity index (χ0n) is 63.5. The lowest BCUT2D eigenvalue weighted by Gasteiger charge is -2.52. The van der Waals surface area contributed by atoms with Gasteiger partial charge in [-0.3, -0.25) is 29.1 Å². The molecule has 2 amide bonds. The molecule has 105 heavy (non-hydrogen) atoms. The van der Waals surface area contributed by atoms with Crippen LogP contribution in [0.4, 0.5) is 11.4 Å². The van der Waals surface area contributed by atoms with Gasteiger partial charge in [-0.2, -0.15) is 0 Å². The molecule has 2 spiro atoms. The Morgan fingerprint density at radius 3 is 1.49 bits per heavy atom. The minimum absolute atomic E-state index is 0.0434. The summed E-state index contributed by atoms with van der Waals surface area (Å²) in [5.41, 5.74) is 4.98. The standard InChI is InChI=1S/C41H57ClN4O5S.C34H41ClN2O6S.C7H16N2/c1-28(2)45-20-18-44(19-21-45)26-41(50-5)17-6-8-29(3)30(4)52(48,49)43-39(47)32-11-15-38-37(23-32)46(24-33-10-13-36(33)41)25-40(27-51-38)16-7-9-31-22-34(42)12-14-35(31)40;1-22-6-4-15-34(20-38,42-3)29-11-8-26(29)18-37-19-33(14-5-7-24-16-27(35)10-12-28(24)33)21-43-31-13-9-25(17-30(31)37)32(39)36-44(40,41)23(22)2;1-7(2)9-5-3-8-4-6-9/h6,11-12,14-15,17,22-23,28-30,33,36H,7-10,13,16,18-21,24-27H2,1-5H3,(H,43,47);4,9-10,12-13,15-17,20,22-23,26,29H,5-8,11,14,18-19,21H2,1-3H3,(H,36,39);7-8H,3-6H2,1-2H3/b17-6+;15-4+;/t29-,30+,33-,36+,40-,41-;22-,23+,26-,29+,33-,34-;/m00./s1. The van der Waals surface area contributed by atoms with Gasteiger partial charge in [-0.05, 0) is 237 Å². The quantitative estimate of drug-likeness (QED) is 0.116. The molecule has 4 fully saturated rings. The van der Waals surface area contributed by atoms with E-state index in [1.165, 1.54) is 35.3 Å². The van der Waals surface area contributed by atoms with Gasteiger partial charge in [0.15, 0.2) is 6.29 Å². The number of piperazine rings is 2. The smallest absolute Gasteiger partial charge is 0.264 e. The number of ether oxygens (including phenoxy) is 4. The molecule has 4 bridgehead atoms. The first kappa shape index (κ1) is 79.0. The van der Waals surface area contributed by atoms with Crippen LogP contribution in [0.5, 0.6) is 11.5 Å². The molecule has 10 aliphatic rings. The number of hydrogen-bond acceptors (Lipinski definition) is 17. The van der Waals surface area contributed by atoms with E-state index < -0.39 is 53.6 Å². The second kappa shape index (κ2) is 32.9. The summed E-state index contributed by atoms with van der Waals surface area (Å²) in [6, 6.07) is 24.2. The highest BCUT2D eigenvalue weighted by molar-refractivity contribution is 7.91. The third-order valence-corrected chi connectivity index (χ3v) is 30.1. The molecule has 574 valence electrons. The zero-order chi connectivity index (χ0) is 74.8. The second-order valence-corrected chi connectivity index (χ2v) is 37.6. The Balaban J connectivity index is 0.000000178. The lowest BCUT2D eigenvalue weighted by Crippen LogP contribution is -2.59. The molecule has 0 unspecified atom stereocenters. The van der Waals surface area contributed by atoms with Crippen molar-refractivity contribution < 1.29 is 50.2 Å². The number of carbonyl (C=O) groups excluding carboxylic acids is 3. The van der Waals surface area contributed by atoms with Crippen molar-refractivity contribution in [3.8, 4) is 11.5 Å². The lowest BCUT2D eigenvalue weighted by atomic mass is 9.63. The molecule has 4 aliphatic carbocycles. The first-order valence-electron chi connectivity index (χ1n) is 38.7. The summed E-state index contributed by atoms with van der Waals surface area (Å²) < 4.78 is 84.3. The fraction of sp³-hybridized carbons (Fsp3) is 0.622. The number of aldehydes is 1. The van der Waals surface area contributed by atoms with Crippen LogP contribution in [-0.4, -0.2) is 196 Å². The molecular formula is C82H114Cl2N8O11S2. The molecule has 6 aliphatic heterocycles. The van der Waals surface area contributed by atoms with E-state index >= 15 is 0 Å². The fourth-order valence-corrected chi connectivity index (χ4v) is 21.4. The molecule has 19 nitrogen and oxygen atoms in total. The van der Waals surface area contributed by atoms with E-state index in [1.54, 1.807) is 45.2 Å². The molecule has 4 aromatic rings. The van der Waals surface area contributed by atoms with Gasteiger partial charge in [0.05, 0.1) is 35.1 Å². The van der Waals surface area contributed by atoms with Gasteiger partial charge in [0.2, 0.25) is 20.0 Å². The summed E-state index contributed by atoms with van der Waals surface area (Å²) in [7, 11) is -4.50. The summed E-state index contributed by atoms with van der Waals surface area (Å²) in [6.45, 7) is 29.5. The van der Waals surface area contributed by atoms with Gasteiger partial charge in [-0.25, -0.2) is 26.3 Å². The van der Waals surface area contributed by atoms with E-state index in [-0.39, 0.29) is 46.0 Å². The average Bonchev–Trinajstić information content (AvgIpc) is 1.69. The molecule has 4 aromatic carbocycles. The Kier molecular flexibility index (Phi) is 24.8. The van der Waals surface area contributed by atoms with Gasteiger partial charge in [-0.15, -0.1) is 0 Å². The number of anilines is 2. The van der Waals surface area contributed by atoms with Gasteiger partial charge in [0.25, 0.3) is 11.8 Å². The van der Waals surface area contributed by atoms with Crippen molar-refractivity contribution >= 4 is 72.7 Å². The van der Waals surface area contributed by atoms with Crippen LogP contribution in [0.25, 0.3) is 0 Å². The van der Waals surface area contributed by atoms with Crippen molar-refractivity contribution in [1.82, 2.24) is 29.5 Å². The van der Waals surface area contributed by atoms with E-state index in [1.807, 2.05) is 57.4 Å². The van der Waals surface area contributed by atoms with Crippen molar-refractivity contribution in [2.75, 3.05) is 122 Å². The molecule has 0 aromatic heterocycles. The topological polar surface area (TPSA) is 209 Å². The number of allylic oxidation sites excluding steroid dienone is 2. The normalized spacial score (nSPS) is 32.7. The molecule has 0 radical (unpaired) electrons. The Morgan fingerprint density at radius 2 is 1.06 bits per heavy atom. The molecule has 6 heterocycles. The minimum atomic E-state index is -3.97. The Bertz CT molecular complexity index is 4070. The first-order valence-corrected chi connectivity index (χ1v) is 42.6. The molecule has 12 atom stereocenters. The number of benzene rings is 4. The number of amides is 2. The number of aryl methyl sites for hydroxylation is 2. The summed E-state index contributed by atoms with van der Waals surface area (Å²) in [6.07, 6.45) is 19.8. The van der Waals surface area contributed by atoms with Crippen LogP contribution < -0.4 is 34.0 Å². The summed E-state index contributed by atoms with van der Waals surface area (Å²) in [5, 5.41) is 3.18. The predicted molar refractivity (Wildman–Crippen MR) is 419 cm³/mol. The van der Waals surface area contributed by atoms with Crippen molar-refractivity contribution in [1.29, 1.82) is 0 Å². The lowest BCUT2D eigenvalue weighted by molar-refractivity contribution is -0.136. The fourth-order valence-electron chi connectivity index (χ4n) is 18.5. The predicted octanol–water partition coefficient (Wildman–Crippen LogP) is 12.1. The van der Waals surface area contributed by atoms with Crippen LogP contribution in [0.2, 0.25) is 10.0 Å². The van der Waals surface area contributed by atoms with E-state index in [4.69, 9.17) is 42.1 Å². The highest BCUT2D eigenvalue weighted by Crippen LogP contribution is 2.52. The van der Waals surface area contributed by atoms with E-state index in [0.717, 1.165) is 158 Å². The molecule has 2 saturated heterocycles. The van der Waals surface area contributed by atoms with Crippen molar-refractivity contribution in [3.05, 3.63) is 141 Å². The monoisotopic (exact) mass is 1520 g/mol. The number of halogens is 2. The maximum atomic E-state index is 13.6. The van der Waals surface area contributed by atoms with Crippen molar-refractivity contribution in [2.24, 2.45) is 35.5 Å². The van der Waals surface area contributed by atoms with Crippen LogP contribution in [0, 0.1) is 35.5 Å². The maximum absolute atomic E-state index is 13.6. The Labute approximate surface area is 635 Å². The number of nitrogens with zero attached hydrogens (tertiary/aromatic N) is 5. The number of hydrogen-bond donors (Lipinski definition) is 3. The van der Waals surface area contributed by atoms with Crippen LogP contribution in [0.1, 0.15) is 163 Å². The summed E-state index contributed by atoms with van der Waals surface area (Å²) in [4.78, 5) is 52.1. The summed E-state index contributed by atoms with van der Waals surface area (Å²) in [5.74, 6) is 0.312. The molecular weight excluding hydrogens is 1410 g/mol. The number of rotatable bonds is 7. The highest BCUT2D eigenvalue weighted by atomic mass is 35.5. The second-order valence-electron chi connectivity index (χ2n) is 32.7. The third-order valence-electron chi connectivity index (χ3n) is 25.8. The Morgan fingerprint density at radius 1 is 0.590 bits per heavy atom. The van der Waals surface area contributed by atoms with Crippen LogP contribution >= 0.6 is 23.2 Å². The number of methoxy groups -OCH3 is 2. The van der Waals surface area contributed by atoms with Crippen molar-refractivity contribution in [3.63, 3.8) is 0 Å². The number of carbonyl (C=O) groups is 3. The largest absolute Gasteiger partial charge is 0.490 e. The van der Waals surface area contributed by atoms with Gasteiger partial charge in [0, 0.05) is 149 Å². The van der Waals surface area contributed by atoms with Crippen LogP contribution in [0.3, 0.4) is 0 Å². The van der Waals surface area contributed by atoms with Crippen LogP contribution in [-0.2, 0) is 58.0 Å². The van der Waals surface area contributed by atoms with E-state index in [9.17, 15) is 31.2 Å². The SMILES string of the molecule is CC(C)N1CCNCC1.CO[C@]1(C=O)/C=C/C[C@H](C)[C@@H](C)S(=O)(=O)NC(=O)c2ccc3c(c2)N(C[C@@H]2CC[C@H]21)C[C@@]1(CCCc2cc(Cl)ccc21)CO3.CO[C@]1(CN2CCN(C(C)C)CC2)/C=C/C[C@H](C)[C@@H](C)S(=O)(=O)NC(=O)c2ccc3c(c2)N(C[C@@H]2CC[C@H]21)C[C@@]1(CCCc2cc(Cl)ccc21)CO3.